The zero-order valence-electron chi connectivity index (χ0n) is 14.7. The van der Waals surface area contributed by atoms with Gasteiger partial charge in [-0.15, -0.1) is 0 Å². The Kier molecular flexibility index (Phi) is 6.02. The van der Waals surface area contributed by atoms with E-state index in [1.54, 1.807) is 13.0 Å². The number of nitrogens with one attached hydrogen (secondary N) is 1. The number of rotatable bonds is 7. The maximum absolute atomic E-state index is 12.4. The molecular formula is C19H25NO3S. The summed E-state index contributed by atoms with van der Waals surface area (Å²) in [5.41, 5.74) is 2.90. The van der Waals surface area contributed by atoms with Gasteiger partial charge in [0.1, 0.15) is 12.4 Å². The van der Waals surface area contributed by atoms with E-state index in [4.69, 9.17) is 4.74 Å². The van der Waals surface area contributed by atoms with Crippen LogP contribution < -0.4 is 9.46 Å². The molecule has 0 aliphatic carbocycles. The number of sulfonamides is 1. The molecule has 0 saturated carbocycles. The zero-order valence-corrected chi connectivity index (χ0v) is 15.5. The van der Waals surface area contributed by atoms with Crippen molar-refractivity contribution in [3.63, 3.8) is 0 Å². The summed E-state index contributed by atoms with van der Waals surface area (Å²) in [6, 6.07) is 13.3. The molecule has 2 aromatic rings. The lowest BCUT2D eigenvalue weighted by Gasteiger charge is -2.11. The third kappa shape index (κ3) is 4.82. The van der Waals surface area contributed by atoms with Crippen LogP contribution in [0.2, 0.25) is 0 Å². The molecule has 1 N–H and O–H groups in total. The molecule has 0 unspecified atom stereocenters. The van der Waals surface area contributed by atoms with Crippen molar-refractivity contribution in [2.45, 2.75) is 38.5 Å². The van der Waals surface area contributed by atoms with E-state index in [0.717, 1.165) is 16.9 Å². The normalized spacial score (nSPS) is 11.7. The third-order valence-electron chi connectivity index (χ3n) is 3.84. The second kappa shape index (κ2) is 7.81. The summed E-state index contributed by atoms with van der Waals surface area (Å²) in [6.45, 7) is 8.45. The molecule has 0 saturated heterocycles. The van der Waals surface area contributed by atoms with E-state index < -0.39 is 10.0 Å². The molecule has 0 bridgehead atoms. The van der Waals surface area contributed by atoms with Crippen LogP contribution in [-0.4, -0.2) is 21.6 Å². The molecule has 0 aromatic heterocycles. The zero-order chi connectivity index (χ0) is 17.7. The van der Waals surface area contributed by atoms with Gasteiger partial charge in [-0.3, -0.25) is 0 Å². The Morgan fingerprint density at radius 1 is 1.04 bits per heavy atom. The fraction of sp³-hybridized carbons (Fsp3) is 0.368. The van der Waals surface area contributed by atoms with Crippen molar-refractivity contribution in [3.8, 4) is 5.75 Å². The van der Waals surface area contributed by atoms with E-state index >= 15 is 0 Å². The number of hydrogen-bond donors (Lipinski definition) is 1. The highest BCUT2D eigenvalue weighted by Gasteiger charge is 2.16. The molecule has 0 spiro atoms. The molecule has 24 heavy (non-hydrogen) atoms. The molecule has 0 amide bonds. The Balaban J connectivity index is 1.90. The van der Waals surface area contributed by atoms with Crippen LogP contribution in [0.3, 0.4) is 0 Å². The molecule has 4 nitrogen and oxygen atoms in total. The highest BCUT2D eigenvalue weighted by molar-refractivity contribution is 7.89. The first-order chi connectivity index (χ1) is 11.3. The average Bonchev–Trinajstić information content (AvgIpc) is 2.54. The Bertz CT molecular complexity index is 781. The Hall–Kier alpha value is -1.85. The Morgan fingerprint density at radius 3 is 2.33 bits per heavy atom. The lowest BCUT2D eigenvalue weighted by molar-refractivity contribution is 0.322. The molecular weight excluding hydrogens is 322 g/mol. The highest BCUT2D eigenvalue weighted by atomic mass is 32.2. The second-order valence-corrected chi connectivity index (χ2v) is 7.97. The number of benzene rings is 2. The second-order valence-electron chi connectivity index (χ2n) is 6.24. The van der Waals surface area contributed by atoms with Gasteiger partial charge in [-0.05, 0) is 54.7 Å². The summed E-state index contributed by atoms with van der Waals surface area (Å²) in [5.74, 6) is 1.22. The Labute approximate surface area is 144 Å². The first kappa shape index (κ1) is 18.5. The summed E-state index contributed by atoms with van der Waals surface area (Å²) in [6.07, 6.45) is 0. The third-order valence-corrected chi connectivity index (χ3v) is 5.45. The summed E-state index contributed by atoms with van der Waals surface area (Å²) >= 11 is 0. The van der Waals surface area contributed by atoms with Crippen LogP contribution in [0.4, 0.5) is 0 Å². The van der Waals surface area contributed by atoms with Gasteiger partial charge in [0.2, 0.25) is 10.0 Å². The summed E-state index contributed by atoms with van der Waals surface area (Å²) in [5, 5.41) is 0. The minimum absolute atomic E-state index is 0.224. The van der Waals surface area contributed by atoms with Crippen LogP contribution in [0.5, 0.6) is 5.75 Å². The molecule has 5 heteroatoms. The maximum atomic E-state index is 12.4. The van der Waals surface area contributed by atoms with E-state index in [0.29, 0.717) is 10.8 Å². The molecule has 0 radical (unpaired) electrons. The quantitative estimate of drug-likeness (QED) is 0.776. The molecule has 0 aliphatic rings. The first-order valence-electron chi connectivity index (χ1n) is 8.09. The highest BCUT2D eigenvalue weighted by Crippen LogP contribution is 2.19. The Morgan fingerprint density at radius 2 is 1.71 bits per heavy atom. The molecule has 2 rings (SSSR count). The fourth-order valence-electron chi connectivity index (χ4n) is 2.37. The topological polar surface area (TPSA) is 55.4 Å². The number of aryl methyl sites for hydroxylation is 2. The molecule has 0 atom stereocenters. The summed E-state index contributed by atoms with van der Waals surface area (Å²) < 4.78 is 32.9. The minimum Gasteiger partial charge on any atom is -0.492 e. The van der Waals surface area contributed by atoms with Crippen LogP contribution in [0.15, 0.2) is 47.4 Å². The van der Waals surface area contributed by atoms with E-state index in [9.17, 15) is 8.42 Å². The van der Waals surface area contributed by atoms with Gasteiger partial charge in [0, 0.05) is 6.54 Å². The summed E-state index contributed by atoms with van der Waals surface area (Å²) in [7, 11) is -3.52. The van der Waals surface area contributed by atoms with Crippen molar-refractivity contribution < 1.29 is 13.2 Å². The standard InChI is InChI=1S/C19H25NO3S/c1-14(2)17-7-9-18(10-8-17)23-12-11-20-24(21,22)19-13-15(3)5-6-16(19)4/h5-10,13-14,20H,11-12H2,1-4H3. The lowest BCUT2D eigenvalue weighted by atomic mass is 10.0. The van der Waals surface area contributed by atoms with E-state index in [-0.39, 0.29) is 13.2 Å². The van der Waals surface area contributed by atoms with Gasteiger partial charge < -0.3 is 4.74 Å². The van der Waals surface area contributed by atoms with Crippen molar-refractivity contribution in [2.24, 2.45) is 0 Å². The fourth-order valence-corrected chi connectivity index (χ4v) is 3.71. The smallest absolute Gasteiger partial charge is 0.240 e. The van der Waals surface area contributed by atoms with Gasteiger partial charge in [-0.1, -0.05) is 38.1 Å². The van der Waals surface area contributed by atoms with Gasteiger partial charge in [0.15, 0.2) is 0 Å². The minimum atomic E-state index is -3.52. The lowest BCUT2D eigenvalue weighted by Crippen LogP contribution is -2.28. The van der Waals surface area contributed by atoms with Crippen LogP contribution in [0, 0.1) is 13.8 Å². The van der Waals surface area contributed by atoms with Gasteiger partial charge in [-0.25, -0.2) is 13.1 Å². The molecule has 130 valence electrons. The molecule has 2 aromatic carbocycles. The monoisotopic (exact) mass is 347 g/mol. The van der Waals surface area contributed by atoms with Crippen LogP contribution in [-0.2, 0) is 10.0 Å². The van der Waals surface area contributed by atoms with Crippen molar-refractivity contribution in [2.75, 3.05) is 13.2 Å². The van der Waals surface area contributed by atoms with Crippen LogP contribution in [0.1, 0.15) is 36.5 Å². The number of ether oxygens (including phenoxy) is 1. The van der Waals surface area contributed by atoms with Crippen LogP contribution >= 0.6 is 0 Å². The molecule has 0 aliphatic heterocycles. The molecule has 0 heterocycles. The van der Waals surface area contributed by atoms with Crippen molar-refractivity contribution in [3.05, 3.63) is 59.2 Å². The number of hydrogen-bond acceptors (Lipinski definition) is 3. The first-order valence-corrected chi connectivity index (χ1v) is 9.57. The van der Waals surface area contributed by atoms with E-state index in [1.165, 1.54) is 5.56 Å². The SMILES string of the molecule is Cc1ccc(C)c(S(=O)(=O)NCCOc2ccc(C(C)C)cc2)c1. The van der Waals surface area contributed by atoms with Crippen molar-refractivity contribution in [1.82, 2.24) is 4.72 Å². The van der Waals surface area contributed by atoms with Gasteiger partial charge in [0.25, 0.3) is 0 Å². The van der Waals surface area contributed by atoms with Gasteiger partial charge in [0.05, 0.1) is 4.90 Å². The average molecular weight is 347 g/mol. The van der Waals surface area contributed by atoms with Gasteiger partial charge >= 0.3 is 0 Å². The predicted molar refractivity (Wildman–Crippen MR) is 97.1 cm³/mol. The van der Waals surface area contributed by atoms with Gasteiger partial charge in [-0.2, -0.15) is 0 Å². The van der Waals surface area contributed by atoms with E-state index in [1.807, 2.05) is 43.3 Å². The predicted octanol–water partition coefficient (Wildman–Crippen LogP) is 3.78. The van der Waals surface area contributed by atoms with Crippen LogP contribution in [0.25, 0.3) is 0 Å². The molecule has 0 fully saturated rings. The summed E-state index contributed by atoms with van der Waals surface area (Å²) in [4.78, 5) is 0.323. The van der Waals surface area contributed by atoms with Crippen molar-refractivity contribution >= 4 is 10.0 Å². The van der Waals surface area contributed by atoms with Crippen molar-refractivity contribution in [1.29, 1.82) is 0 Å². The van der Waals surface area contributed by atoms with E-state index in [2.05, 4.69) is 18.6 Å². The largest absolute Gasteiger partial charge is 0.492 e. The maximum Gasteiger partial charge on any atom is 0.240 e.